The summed E-state index contributed by atoms with van der Waals surface area (Å²) in [6.07, 6.45) is 4.55. The molecule has 0 bridgehead atoms. The summed E-state index contributed by atoms with van der Waals surface area (Å²) in [6.45, 7) is 17.0. The van der Waals surface area contributed by atoms with Crippen LogP contribution in [0.4, 0.5) is 5.69 Å². The van der Waals surface area contributed by atoms with Crippen LogP contribution in [-0.4, -0.2) is 41.3 Å². The monoisotopic (exact) mass is 542 g/mol. The van der Waals surface area contributed by atoms with E-state index in [1.165, 1.54) is 16.5 Å². The average molecular weight is 543 g/mol. The Morgan fingerprint density at radius 1 is 1.00 bits per heavy atom. The molecular formula is C34H46N4O2. The SMILES string of the molecule is CCCN(CCC)c1ccc2cc(-c3ccc(/C=C(\C#N)C(=O)NC(C)(C)CCOC(C)(C)C)n3C)ccc2c1. The molecule has 2 aromatic carbocycles. The summed E-state index contributed by atoms with van der Waals surface area (Å²) in [6, 6.07) is 19.3. The molecule has 3 aromatic rings. The second-order valence-corrected chi connectivity index (χ2v) is 12.2. The number of amides is 1. The highest BCUT2D eigenvalue weighted by molar-refractivity contribution is 6.02. The van der Waals surface area contributed by atoms with Crippen LogP contribution in [0.1, 0.15) is 73.4 Å². The summed E-state index contributed by atoms with van der Waals surface area (Å²) in [5, 5.41) is 15.2. The largest absolute Gasteiger partial charge is 0.376 e. The van der Waals surface area contributed by atoms with Gasteiger partial charge in [0, 0.05) is 49.4 Å². The van der Waals surface area contributed by atoms with Gasteiger partial charge in [-0.3, -0.25) is 4.79 Å². The minimum absolute atomic E-state index is 0.0762. The number of benzene rings is 2. The molecule has 0 atom stereocenters. The molecule has 6 nitrogen and oxygen atoms in total. The number of hydrogen-bond acceptors (Lipinski definition) is 4. The van der Waals surface area contributed by atoms with Crippen molar-refractivity contribution in [1.82, 2.24) is 9.88 Å². The molecule has 0 saturated heterocycles. The highest BCUT2D eigenvalue weighted by atomic mass is 16.5. The fourth-order valence-corrected chi connectivity index (χ4v) is 4.81. The number of rotatable bonds is 12. The van der Waals surface area contributed by atoms with Crippen molar-refractivity contribution in [1.29, 1.82) is 5.26 Å². The molecule has 0 aliphatic carbocycles. The van der Waals surface area contributed by atoms with E-state index in [1.807, 2.05) is 58.4 Å². The smallest absolute Gasteiger partial charge is 0.262 e. The van der Waals surface area contributed by atoms with E-state index in [0.29, 0.717) is 13.0 Å². The van der Waals surface area contributed by atoms with Crippen molar-refractivity contribution in [2.24, 2.45) is 7.05 Å². The molecule has 1 N–H and O–H groups in total. The molecule has 1 amide bonds. The van der Waals surface area contributed by atoms with Gasteiger partial charge in [-0.05, 0) is 107 Å². The van der Waals surface area contributed by atoms with E-state index in [2.05, 4.69) is 66.5 Å². The van der Waals surface area contributed by atoms with Gasteiger partial charge in [0.25, 0.3) is 5.91 Å². The van der Waals surface area contributed by atoms with Gasteiger partial charge in [0.1, 0.15) is 11.6 Å². The number of nitrogens with one attached hydrogen (secondary N) is 1. The molecule has 6 heteroatoms. The average Bonchev–Trinajstić information content (AvgIpc) is 3.24. The molecule has 0 aliphatic rings. The van der Waals surface area contributed by atoms with Crippen LogP contribution in [-0.2, 0) is 16.6 Å². The first kappa shape index (κ1) is 31.0. The Kier molecular flexibility index (Phi) is 10.2. The Morgan fingerprint density at radius 3 is 2.27 bits per heavy atom. The predicted octanol–water partition coefficient (Wildman–Crippen LogP) is 7.48. The fraction of sp³-hybridized carbons (Fsp3) is 0.471. The minimum Gasteiger partial charge on any atom is -0.376 e. The number of nitrogens with zero attached hydrogens (tertiary/aromatic N) is 3. The van der Waals surface area contributed by atoms with Gasteiger partial charge >= 0.3 is 0 Å². The van der Waals surface area contributed by atoms with E-state index in [4.69, 9.17) is 4.74 Å². The molecule has 0 aliphatic heterocycles. The Labute approximate surface area is 240 Å². The van der Waals surface area contributed by atoms with Crippen LogP contribution in [0.3, 0.4) is 0 Å². The van der Waals surface area contributed by atoms with Crippen molar-refractivity contribution in [3.63, 3.8) is 0 Å². The Balaban J connectivity index is 1.80. The van der Waals surface area contributed by atoms with Crippen molar-refractivity contribution >= 4 is 28.4 Å². The predicted molar refractivity (Wildman–Crippen MR) is 167 cm³/mol. The number of nitriles is 1. The normalized spacial score (nSPS) is 12.4. The Hall–Kier alpha value is -3.56. The first-order valence-corrected chi connectivity index (χ1v) is 14.4. The number of aromatic nitrogens is 1. The molecule has 0 spiro atoms. The number of fused-ring (bicyclic) bond motifs is 1. The van der Waals surface area contributed by atoms with Gasteiger partial charge in [-0.2, -0.15) is 5.26 Å². The number of carbonyl (C=O) groups excluding carboxylic acids is 1. The molecule has 0 fully saturated rings. The van der Waals surface area contributed by atoms with Gasteiger partial charge in [0.15, 0.2) is 0 Å². The van der Waals surface area contributed by atoms with E-state index in [9.17, 15) is 10.1 Å². The molecule has 214 valence electrons. The van der Waals surface area contributed by atoms with E-state index >= 15 is 0 Å². The van der Waals surface area contributed by atoms with Gasteiger partial charge in [-0.25, -0.2) is 0 Å². The summed E-state index contributed by atoms with van der Waals surface area (Å²) in [7, 11) is 1.96. The summed E-state index contributed by atoms with van der Waals surface area (Å²) in [5.41, 5.74) is 3.50. The first-order chi connectivity index (χ1) is 18.9. The highest BCUT2D eigenvalue weighted by Crippen LogP contribution is 2.29. The van der Waals surface area contributed by atoms with Crippen LogP contribution in [0.15, 0.2) is 54.1 Å². The van der Waals surface area contributed by atoms with Crippen LogP contribution >= 0.6 is 0 Å². The molecule has 0 saturated carbocycles. The zero-order valence-electron chi connectivity index (χ0n) is 25.6. The molecule has 3 rings (SSSR count). The molecule has 0 unspecified atom stereocenters. The number of carbonyl (C=O) groups is 1. The molecule has 1 heterocycles. The zero-order chi connectivity index (χ0) is 29.5. The Bertz CT molecular complexity index is 1380. The van der Waals surface area contributed by atoms with Crippen molar-refractivity contribution in [2.75, 3.05) is 24.6 Å². The van der Waals surface area contributed by atoms with Crippen LogP contribution in [0.25, 0.3) is 28.1 Å². The van der Waals surface area contributed by atoms with Crippen molar-refractivity contribution < 1.29 is 9.53 Å². The summed E-state index contributed by atoms with van der Waals surface area (Å²) in [5.74, 6) is -0.382. The van der Waals surface area contributed by atoms with Gasteiger partial charge in [-0.1, -0.05) is 32.0 Å². The third-order valence-electron chi connectivity index (χ3n) is 7.00. The maximum atomic E-state index is 13.0. The van der Waals surface area contributed by atoms with Crippen molar-refractivity contribution in [2.45, 2.75) is 78.9 Å². The fourth-order valence-electron chi connectivity index (χ4n) is 4.81. The lowest BCUT2D eigenvalue weighted by molar-refractivity contribution is -0.118. The molecule has 40 heavy (non-hydrogen) atoms. The lowest BCUT2D eigenvalue weighted by Crippen LogP contribution is -2.45. The lowest BCUT2D eigenvalue weighted by Gasteiger charge is -2.28. The highest BCUT2D eigenvalue weighted by Gasteiger charge is 2.24. The first-order valence-electron chi connectivity index (χ1n) is 14.4. The number of hydrogen-bond donors (Lipinski definition) is 1. The lowest BCUT2D eigenvalue weighted by atomic mass is 10.00. The van der Waals surface area contributed by atoms with E-state index in [1.54, 1.807) is 6.08 Å². The minimum atomic E-state index is -0.507. The quantitative estimate of drug-likeness (QED) is 0.190. The molecule has 1 aromatic heterocycles. The van der Waals surface area contributed by atoms with E-state index in [0.717, 1.165) is 42.9 Å². The maximum absolute atomic E-state index is 13.0. The van der Waals surface area contributed by atoms with Gasteiger partial charge in [0.05, 0.1) is 5.60 Å². The summed E-state index contributed by atoms with van der Waals surface area (Å²) < 4.78 is 7.84. The summed E-state index contributed by atoms with van der Waals surface area (Å²) >= 11 is 0. The van der Waals surface area contributed by atoms with Crippen LogP contribution in [0, 0.1) is 11.3 Å². The van der Waals surface area contributed by atoms with Crippen molar-refractivity contribution in [3.05, 3.63) is 59.8 Å². The standard InChI is InChI=1S/C34H46N4O2/c1-9-18-38(19-10-2)30-14-13-25-21-27(12-11-26(25)22-30)31-16-15-29(37(31)8)23-28(24-35)32(39)36-34(6,7)17-20-40-33(3,4)5/h11-16,21-23H,9-10,17-20H2,1-8H3,(H,36,39)/b28-23+. The number of ether oxygens (including phenoxy) is 1. The molecule has 0 radical (unpaired) electrons. The van der Waals surface area contributed by atoms with E-state index < -0.39 is 5.54 Å². The van der Waals surface area contributed by atoms with Crippen LogP contribution in [0.2, 0.25) is 0 Å². The van der Waals surface area contributed by atoms with Crippen LogP contribution in [0.5, 0.6) is 0 Å². The van der Waals surface area contributed by atoms with Crippen LogP contribution < -0.4 is 10.2 Å². The van der Waals surface area contributed by atoms with Gasteiger partial charge in [0.2, 0.25) is 0 Å². The second kappa shape index (κ2) is 13.2. The van der Waals surface area contributed by atoms with Gasteiger partial charge < -0.3 is 19.5 Å². The Morgan fingerprint density at radius 2 is 1.65 bits per heavy atom. The van der Waals surface area contributed by atoms with E-state index in [-0.39, 0.29) is 17.1 Å². The molecular weight excluding hydrogens is 496 g/mol. The number of anilines is 1. The third kappa shape index (κ3) is 8.22. The summed E-state index contributed by atoms with van der Waals surface area (Å²) in [4.78, 5) is 15.4. The van der Waals surface area contributed by atoms with Gasteiger partial charge in [-0.15, -0.1) is 0 Å². The second-order valence-electron chi connectivity index (χ2n) is 12.2. The topological polar surface area (TPSA) is 70.3 Å². The zero-order valence-corrected chi connectivity index (χ0v) is 25.6. The maximum Gasteiger partial charge on any atom is 0.262 e. The third-order valence-corrected chi connectivity index (χ3v) is 7.00. The van der Waals surface area contributed by atoms with Crippen molar-refractivity contribution in [3.8, 4) is 17.3 Å².